The Balaban J connectivity index is 2.77. The van der Waals surface area contributed by atoms with Crippen molar-refractivity contribution in [3.05, 3.63) is 36.0 Å². The van der Waals surface area contributed by atoms with Crippen LogP contribution in [0.5, 0.6) is 0 Å². The monoisotopic (exact) mass is 206 g/mol. The van der Waals surface area contributed by atoms with E-state index >= 15 is 0 Å². The van der Waals surface area contributed by atoms with Gasteiger partial charge in [0, 0.05) is 0 Å². The van der Waals surface area contributed by atoms with Crippen molar-refractivity contribution in [3.63, 3.8) is 0 Å². The summed E-state index contributed by atoms with van der Waals surface area (Å²) in [6, 6.07) is 0. The quantitative estimate of drug-likeness (QED) is 0.770. The summed E-state index contributed by atoms with van der Waals surface area (Å²) in [5, 5.41) is 8.82. The van der Waals surface area contributed by atoms with Gasteiger partial charge in [-0.1, -0.05) is 44.6 Å². The SMILES string of the molecule is CCC(C)C1C=C/C=C(C(=O)O)\C=C/C1. The van der Waals surface area contributed by atoms with Crippen LogP contribution >= 0.6 is 0 Å². The molecule has 2 atom stereocenters. The van der Waals surface area contributed by atoms with Gasteiger partial charge in [0.2, 0.25) is 0 Å². The second-order valence-electron chi connectivity index (χ2n) is 4.00. The molecule has 1 rings (SSSR count). The molecule has 0 heterocycles. The van der Waals surface area contributed by atoms with Gasteiger partial charge >= 0.3 is 5.97 Å². The third-order valence-electron chi connectivity index (χ3n) is 2.96. The van der Waals surface area contributed by atoms with Gasteiger partial charge in [0.05, 0.1) is 5.57 Å². The van der Waals surface area contributed by atoms with Crippen molar-refractivity contribution >= 4 is 5.97 Å². The van der Waals surface area contributed by atoms with Crippen molar-refractivity contribution in [3.8, 4) is 0 Å². The van der Waals surface area contributed by atoms with E-state index in [4.69, 9.17) is 5.11 Å². The standard InChI is InChI=1S/C13H18O2/c1-3-10(2)11-6-4-8-12(13(14)15)9-5-7-11/h4-6,8-11H,3,7H2,1-2H3,(H,14,15)/b6-4?,9-5-,12-8+. The molecule has 0 aromatic rings. The lowest BCUT2D eigenvalue weighted by atomic mass is 9.87. The first-order chi connectivity index (χ1) is 7.15. The summed E-state index contributed by atoms with van der Waals surface area (Å²) < 4.78 is 0. The summed E-state index contributed by atoms with van der Waals surface area (Å²) in [6.45, 7) is 4.41. The van der Waals surface area contributed by atoms with Crippen LogP contribution in [-0.2, 0) is 4.79 Å². The zero-order valence-corrected chi connectivity index (χ0v) is 9.31. The number of aliphatic carboxylic acids is 1. The largest absolute Gasteiger partial charge is 0.478 e. The molecule has 1 N–H and O–H groups in total. The van der Waals surface area contributed by atoms with Crippen LogP contribution in [0.3, 0.4) is 0 Å². The molecule has 0 spiro atoms. The molecule has 0 saturated carbocycles. The molecule has 0 aromatic carbocycles. The average molecular weight is 206 g/mol. The van der Waals surface area contributed by atoms with Gasteiger partial charge in [-0.15, -0.1) is 0 Å². The number of rotatable bonds is 3. The van der Waals surface area contributed by atoms with Crippen LogP contribution in [-0.4, -0.2) is 11.1 Å². The summed E-state index contributed by atoms with van der Waals surface area (Å²) in [6.07, 6.45) is 11.4. The summed E-state index contributed by atoms with van der Waals surface area (Å²) >= 11 is 0. The molecular weight excluding hydrogens is 188 g/mol. The van der Waals surface area contributed by atoms with Crippen LogP contribution in [0.25, 0.3) is 0 Å². The molecule has 0 amide bonds. The van der Waals surface area contributed by atoms with Gasteiger partial charge in [-0.05, 0) is 24.3 Å². The molecular formula is C13H18O2. The van der Waals surface area contributed by atoms with Crippen LogP contribution in [0, 0.1) is 11.8 Å². The topological polar surface area (TPSA) is 37.3 Å². The first-order valence-corrected chi connectivity index (χ1v) is 5.43. The van der Waals surface area contributed by atoms with E-state index in [9.17, 15) is 4.79 Å². The predicted molar refractivity (Wildman–Crippen MR) is 61.6 cm³/mol. The minimum atomic E-state index is -0.863. The smallest absolute Gasteiger partial charge is 0.335 e. The number of hydrogen-bond acceptors (Lipinski definition) is 1. The van der Waals surface area contributed by atoms with E-state index in [1.165, 1.54) is 0 Å². The Morgan fingerprint density at radius 1 is 1.67 bits per heavy atom. The number of allylic oxidation sites excluding steroid dienone is 4. The Kier molecular flexibility index (Phi) is 4.35. The Labute approximate surface area is 91.0 Å². The van der Waals surface area contributed by atoms with Crippen molar-refractivity contribution in [1.82, 2.24) is 0 Å². The van der Waals surface area contributed by atoms with E-state index in [0.29, 0.717) is 17.4 Å². The third kappa shape index (κ3) is 3.39. The maximum atomic E-state index is 10.7. The molecule has 2 heteroatoms. The van der Waals surface area contributed by atoms with Gasteiger partial charge in [0.25, 0.3) is 0 Å². The zero-order valence-electron chi connectivity index (χ0n) is 9.31. The first kappa shape index (κ1) is 11.8. The van der Waals surface area contributed by atoms with Gasteiger partial charge in [0.15, 0.2) is 0 Å². The fourth-order valence-electron chi connectivity index (χ4n) is 1.66. The molecule has 0 saturated heterocycles. The molecule has 0 fully saturated rings. The zero-order chi connectivity index (χ0) is 11.3. The lowest BCUT2D eigenvalue weighted by Gasteiger charge is -2.18. The van der Waals surface area contributed by atoms with Crippen molar-refractivity contribution in [2.45, 2.75) is 26.7 Å². The first-order valence-electron chi connectivity index (χ1n) is 5.43. The van der Waals surface area contributed by atoms with Crippen molar-refractivity contribution in [1.29, 1.82) is 0 Å². The fourth-order valence-corrected chi connectivity index (χ4v) is 1.66. The molecule has 0 radical (unpaired) electrons. The summed E-state index contributed by atoms with van der Waals surface area (Å²) in [7, 11) is 0. The molecule has 82 valence electrons. The van der Waals surface area contributed by atoms with Crippen LogP contribution in [0.2, 0.25) is 0 Å². The van der Waals surface area contributed by atoms with Crippen molar-refractivity contribution in [2.75, 3.05) is 0 Å². The minimum Gasteiger partial charge on any atom is -0.478 e. The highest BCUT2D eigenvalue weighted by Crippen LogP contribution is 2.22. The third-order valence-corrected chi connectivity index (χ3v) is 2.96. The molecule has 0 aromatic heterocycles. The number of carboxylic acid groups (broad SMARTS) is 1. The number of hydrogen-bond donors (Lipinski definition) is 1. The summed E-state index contributed by atoms with van der Waals surface area (Å²) in [5.74, 6) is 0.307. The summed E-state index contributed by atoms with van der Waals surface area (Å²) in [5.41, 5.74) is 0.355. The second-order valence-corrected chi connectivity index (χ2v) is 4.00. The van der Waals surface area contributed by atoms with E-state index < -0.39 is 5.97 Å². The highest BCUT2D eigenvalue weighted by molar-refractivity contribution is 5.90. The highest BCUT2D eigenvalue weighted by atomic mass is 16.4. The number of carboxylic acids is 1. The van der Waals surface area contributed by atoms with Gasteiger partial charge in [0.1, 0.15) is 0 Å². The Morgan fingerprint density at radius 3 is 3.00 bits per heavy atom. The van der Waals surface area contributed by atoms with E-state index in [2.05, 4.69) is 19.9 Å². The lowest BCUT2D eigenvalue weighted by molar-refractivity contribution is -0.132. The Morgan fingerprint density at radius 2 is 2.40 bits per heavy atom. The maximum Gasteiger partial charge on any atom is 0.335 e. The fraction of sp³-hybridized carbons (Fsp3) is 0.462. The molecule has 1 aliphatic rings. The molecule has 15 heavy (non-hydrogen) atoms. The minimum absolute atomic E-state index is 0.355. The van der Waals surface area contributed by atoms with Gasteiger partial charge in [-0.2, -0.15) is 0 Å². The van der Waals surface area contributed by atoms with E-state index in [1.807, 2.05) is 12.2 Å². The molecule has 0 aliphatic heterocycles. The maximum absolute atomic E-state index is 10.7. The highest BCUT2D eigenvalue weighted by Gasteiger charge is 2.12. The van der Waals surface area contributed by atoms with Crippen LogP contribution < -0.4 is 0 Å². The van der Waals surface area contributed by atoms with Crippen molar-refractivity contribution < 1.29 is 9.90 Å². The van der Waals surface area contributed by atoms with Crippen LogP contribution in [0.4, 0.5) is 0 Å². The Hall–Kier alpha value is -1.31. The van der Waals surface area contributed by atoms with Gasteiger partial charge in [-0.3, -0.25) is 0 Å². The normalized spacial score (nSPS) is 28.4. The summed E-state index contributed by atoms with van der Waals surface area (Å²) in [4.78, 5) is 10.7. The second kappa shape index (κ2) is 5.54. The lowest BCUT2D eigenvalue weighted by Crippen LogP contribution is -2.08. The van der Waals surface area contributed by atoms with Crippen molar-refractivity contribution in [2.24, 2.45) is 11.8 Å². The van der Waals surface area contributed by atoms with Gasteiger partial charge < -0.3 is 5.11 Å². The molecule has 1 aliphatic carbocycles. The molecule has 2 unspecified atom stereocenters. The van der Waals surface area contributed by atoms with E-state index in [-0.39, 0.29) is 0 Å². The average Bonchev–Trinajstić information content (AvgIpc) is 2.16. The van der Waals surface area contributed by atoms with E-state index in [1.54, 1.807) is 12.2 Å². The van der Waals surface area contributed by atoms with Gasteiger partial charge in [-0.25, -0.2) is 4.79 Å². The molecule has 2 nitrogen and oxygen atoms in total. The molecule has 0 bridgehead atoms. The van der Waals surface area contributed by atoms with Crippen LogP contribution in [0.15, 0.2) is 36.0 Å². The predicted octanol–water partition coefficient (Wildman–Crippen LogP) is 3.18. The number of carbonyl (C=O) groups is 1. The Bertz CT molecular complexity index is 310. The van der Waals surface area contributed by atoms with E-state index in [0.717, 1.165) is 12.8 Å². The van der Waals surface area contributed by atoms with Crippen LogP contribution in [0.1, 0.15) is 26.7 Å².